The van der Waals surface area contributed by atoms with E-state index in [2.05, 4.69) is 22.0 Å². The minimum atomic E-state index is -0.869. The van der Waals surface area contributed by atoms with Gasteiger partial charge in [-0.15, -0.1) is 0 Å². The maximum absolute atomic E-state index is 13.1. The Morgan fingerprint density at radius 2 is 2.16 bits per heavy atom. The molecular weight excluding hydrogens is 311 g/mol. The standard InChI is InChI=1S/C14H14BrFN2O/c1-14(2,8-17)18(10-4-5-10)13(19)11-6-3-9(16)7-12(11)15/h3,6-7,10H,4-5H2,1-2H3. The highest BCUT2D eigenvalue weighted by molar-refractivity contribution is 9.10. The van der Waals surface area contributed by atoms with Crippen LogP contribution < -0.4 is 0 Å². The first-order chi connectivity index (χ1) is 8.86. The fourth-order valence-electron chi connectivity index (χ4n) is 2.06. The molecule has 19 heavy (non-hydrogen) atoms. The van der Waals surface area contributed by atoms with Crippen LogP contribution in [0.15, 0.2) is 22.7 Å². The van der Waals surface area contributed by atoms with Crippen molar-refractivity contribution in [2.24, 2.45) is 0 Å². The molecule has 1 aliphatic rings. The van der Waals surface area contributed by atoms with Crippen LogP contribution in [0.25, 0.3) is 0 Å². The third-order valence-electron chi connectivity index (χ3n) is 3.17. The molecule has 1 amide bonds. The van der Waals surface area contributed by atoms with Crippen LogP contribution in [0, 0.1) is 17.1 Å². The lowest BCUT2D eigenvalue weighted by atomic mass is 10.0. The van der Waals surface area contributed by atoms with Gasteiger partial charge in [-0.05, 0) is 60.8 Å². The molecule has 1 aromatic rings. The summed E-state index contributed by atoms with van der Waals surface area (Å²) in [7, 11) is 0. The number of hydrogen-bond donors (Lipinski definition) is 0. The fourth-order valence-corrected chi connectivity index (χ4v) is 2.58. The first-order valence-electron chi connectivity index (χ1n) is 6.07. The molecule has 1 aromatic carbocycles. The number of nitriles is 1. The zero-order chi connectivity index (χ0) is 14.2. The average molecular weight is 325 g/mol. The number of rotatable bonds is 3. The van der Waals surface area contributed by atoms with E-state index in [9.17, 15) is 14.4 Å². The summed E-state index contributed by atoms with van der Waals surface area (Å²) < 4.78 is 13.5. The van der Waals surface area contributed by atoms with Crippen molar-refractivity contribution in [1.29, 1.82) is 5.26 Å². The van der Waals surface area contributed by atoms with Crippen LogP contribution >= 0.6 is 15.9 Å². The number of halogens is 2. The third-order valence-corrected chi connectivity index (χ3v) is 3.82. The highest BCUT2D eigenvalue weighted by Crippen LogP contribution is 2.35. The zero-order valence-corrected chi connectivity index (χ0v) is 12.4. The second kappa shape index (κ2) is 4.93. The molecule has 0 saturated heterocycles. The monoisotopic (exact) mass is 324 g/mol. The van der Waals surface area contributed by atoms with Crippen molar-refractivity contribution in [3.05, 3.63) is 34.1 Å². The average Bonchev–Trinajstić information content (AvgIpc) is 3.13. The van der Waals surface area contributed by atoms with Gasteiger partial charge in [0.1, 0.15) is 11.4 Å². The number of carbonyl (C=O) groups is 1. The molecule has 0 N–H and O–H groups in total. The second-order valence-corrected chi connectivity index (χ2v) is 6.06. The summed E-state index contributed by atoms with van der Waals surface area (Å²) >= 11 is 3.20. The Kier molecular flexibility index (Phi) is 3.64. The van der Waals surface area contributed by atoms with Crippen molar-refractivity contribution in [2.45, 2.75) is 38.3 Å². The van der Waals surface area contributed by atoms with Crippen molar-refractivity contribution in [3.8, 4) is 6.07 Å². The van der Waals surface area contributed by atoms with E-state index in [1.165, 1.54) is 18.2 Å². The summed E-state index contributed by atoms with van der Waals surface area (Å²) in [5.74, 6) is -0.637. The van der Waals surface area contributed by atoms with E-state index >= 15 is 0 Å². The molecule has 1 fully saturated rings. The molecule has 0 aromatic heterocycles. The second-order valence-electron chi connectivity index (χ2n) is 5.20. The summed E-state index contributed by atoms with van der Waals surface area (Å²) in [5.41, 5.74) is -0.483. The molecular formula is C14H14BrFN2O. The zero-order valence-electron chi connectivity index (χ0n) is 10.8. The van der Waals surface area contributed by atoms with E-state index in [4.69, 9.17) is 0 Å². The predicted molar refractivity (Wildman–Crippen MR) is 73.0 cm³/mol. The third kappa shape index (κ3) is 2.79. The van der Waals surface area contributed by atoms with Crippen LogP contribution in [-0.4, -0.2) is 22.4 Å². The van der Waals surface area contributed by atoms with Crippen LogP contribution in [0.5, 0.6) is 0 Å². The number of hydrogen-bond acceptors (Lipinski definition) is 2. The van der Waals surface area contributed by atoms with Crippen LogP contribution in [0.2, 0.25) is 0 Å². The molecule has 0 spiro atoms. The Morgan fingerprint density at radius 1 is 1.53 bits per heavy atom. The molecule has 3 nitrogen and oxygen atoms in total. The highest BCUT2D eigenvalue weighted by Gasteiger charge is 2.42. The van der Waals surface area contributed by atoms with Crippen molar-refractivity contribution in [1.82, 2.24) is 4.90 Å². The van der Waals surface area contributed by atoms with Crippen LogP contribution in [0.1, 0.15) is 37.0 Å². The molecule has 1 aliphatic carbocycles. The van der Waals surface area contributed by atoms with Gasteiger partial charge in [0.05, 0.1) is 11.6 Å². The number of nitrogens with zero attached hydrogens (tertiary/aromatic N) is 2. The first-order valence-corrected chi connectivity index (χ1v) is 6.86. The van der Waals surface area contributed by atoms with Crippen LogP contribution in [0.3, 0.4) is 0 Å². The minimum absolute atomic E-state index is 0.110. The molecule has 2 rings (SSSR count). The summed E-state index contributed by atoms with van der Waals surface area (Å²) in [6.07, 6.45) is 1.82. The Morgan fingerprint density at radius 3 is 2.63 bits per heavy atom. The molecule has 100 valence electrons. The highest BCUT2D eigenvalue weighted by atomic mass is 79.9. The van der Waals surface area contributed by atoms with E-state index in [1.54, 1.807) is 18.7 Å². The van der Waals surface area contributed by atoms with Gasteiger partial charge >= 0.3 is 0 Å². The largest absolute Gasteiger partial charge is 0.317 e. The number of amides is 1. The SMILES string of the molecule is CC(C)(C#N)N(C(=O)c1ccc(F)cc1Br)C1CC1. The molecule has 0 heterocycles. The predicted octanol–water partition coefficient (Wildman–Crippen LogP) is 3.49. The maximum atomic E-state index is 13.1. The summed E-state index contributed by atoms with van der Waals surface area (Å²) in [5, 5.41) is 9.23. The molecule has 0 atom stereocenters. The van der Waals surface area contributed by atoms with Gasteiger partial charge in [0.25, 0.3) is 5.91 Å². The van der Waals surface area contributed by atoms with Crippen molar-refractivity contribution in [2.75, 3.05) is 0 Å². The van der Waals surface area contributed by atoms with Gasteiger partial charge in [-0.2, -0.15) is 5.26 Å². The molecule has 5 heteroatoms. The molecule has 1 saturated carbocycles. The smallest absolute Gasteiger partial charge is 0.256 e. The van der Waals surface area contributed by atoms with Crippen molar-refractivity contribution in [3.63, 3.8) is 0 Å². The molecule has 0 aliphatic heterocycles. The van der Waals surface area contributed by atoms with E-state index in [0.717, 1.165) is 12.8 Å². The van der Waals surface area contributed by atoms with Gasteiger partial charge < -0.3 is 4.90 Å². The van der Waals surface area contributed by atoms with Gasteiger partial charge in [0, 0.05) is 10.5 Å². The van der Waals surface area contributed by atoms with E-state index in [0.29, 0.717) is 10.0 Å². The first kappa shape index (κ1) is 14.0. The van der Waals surface area contributed by atoms with E-state index in [1.807, 2.05) is 0 Å². The molecule has 0 unspecified atom stereocenters. The topological polar surface area (TPSA) is 44.1 Å². The lowest BCUT2D eigenvalue weighted by Gasteiger charge is -2.33. The van der Waals surface area contributed by atoms with Crippen LogP contribution in [0.4, 0.5) is 4.39 Å². The lowest BCUT2D eigenvalue weighted by molar-refractivity contribution is 0.0614. The van der Waals surface area contributed by atoms with Gasteiger partial charge in [-0.1, -0.05) is 0 Å². The Labute approximate surface area is 120 Å². The molecule has 0 bridgehead atoms. The van der Waals surface area contributed by atoms with E-state index in [-0.39, 0.29) is 11.9 Å². The van der Waals surface area contributed by atoms with Gasteiger partial charge in [-0.3, -0.25) is 4.79 Å². The summed E-state index contributed by atoms with van der Waals surface area (Å²) in [6, 6.07) is 6.23. The maximum Gasteiger partial charge on any atom is 0.256 e. The summed E-state index contributed by atoms with van der Waals surface area (Å²) in [6.45, 7) is 3.45. The van der Waals surface area contributed by atoms with Crippen molar-refractivity contribution < 1.29 is 9.18 Å². The van der Waals surface area contributed by atoms with Gasteiger partial charge in [-0.25, -0.2) is 4.39 Å². The van der Waals surface area contributed by atoms with Crippen LogP contribution in [-0.2, 0) is 0 Å². The minimum Gasteiger partial charge on any atom is -0.317 e. The summed E-state index contributed by atoms with van der Waals surface area (Å²) in [4.78, 5) is 14.2. The number of benzene rings is 1. The quantitative estimate of drug-likeness (QED) is 0.854. The van der Waals surface area contributed by atoms with Gasteiger partial charge in [0.15, 0.2) is 0 Å². The van der Waals surface area contributed by atoms with Gasteiger partial charge in [0.2, 0.25) is 0 Å². The normalized spacial score (nSPS) is 14.9. The van der Waals surface area contributed by atoms with E-state index < -0.39 is 11.4 Å². The lowest BCUT2D eigenvalue weighted by Crippen LogP contribution is -2.48. The number of carbonyl (C=O) groups excluding carboxylic acids is 1. The fraction of sp³-hybridized carbons (Fsp3) is 0.429. The Hall–Kier alpha value is -1.41. The Bertz CT molecular complexity index is 561. The molecule has 0 radical (unpaired) electrons. The Balaban J connectivity index is 2.38. The van der Waals surface area contributed by atoms with Crippen molar-refractivity contribution >= 4 is 21.8 Å².